The van der Waals surface area contributed by atoms with Crippen LogP contribution in [0.2, 0.25) is 0 Å². The van der Waals surface area contributed by atoms with Crippen LogP contribution < -0.4 is 0 Å². The summed E-state index contributed by atoms with van der Waals surface area (Å²) < 4.78 is 0. The molecule has 1 aliphatic heterocycles. The van der Waals surface area contributed by atoms with E-state index in [1.165, 1.54) is 24.8 Å². The van der Waals surface area contributed by atoms with Gasteiger partial charge in [0.25, 0.3) is 0 Å². The van der Waals surface area contributed by atoms with Crippen LogP contribution in [0.3, 0.4) is 0 Å². The predicted molar refractivity (Wildman–Crippen MR) is 85.7 cm³/mol. The number of benzene rings is 1. The van der Waals surface area contributed by atoms with Gasteiger partial charge in [-0.05, 0) is 43.1 Å². The van der Waals surface area contributed by atoms with E-state index in [1.54, 1.807) is 0 Å². The SMILES string of the molecule is C(#Cc1ccccc1)CN1CCCC[C@@H]1c1cccnc1. The summed E-state index contributed by atoms with van der Waals surface area (Å²) in [5.74, 6) is 6.58. The first-order valence-electron chi connectivity index (χ1n) is 7.61. The Morgan fingerprint density at radius 3 is 2.81 bits per heavy atom. The van der Waals surface area contributed by atoms with Crippen molar-refractivity contribution in [2.75, 3.05) is 13.1 Å². The number of rotatable bonds is 2. The standard InChI is InChI=1S/C19H20N2/c1-2-8-17(9-3-1)10-7-15-21-14-5-4-12-19(21)18-11-6-13-20-16-18/h1-3,6,8-9,11,13,16,19H,4-5,12,14-15H2/t19-/m1/s1. The largest absolute Gasteiger partial charge is 0.285 e. The molecule has 0 aliphatic carbocycles. The number of piperidine rings is 1. The van der Waals surface area contributed by atoms with Gasteiger partial charge < -0.3 is 0 Å². The predicted octanol–water partition coefficient (Wildman–Crippen LogP) is 3.66. The minimum atomic E-state index is 0.470. The first-order valence-corrected chi connectivity index (χ1v) is 7.61. The molecule has 1 aromatic heterocycles. The number of hydrogen-bond acceptors (Lipinski definition) is 2. The Morgan fingerprint density at radius 1 is 1.10 bits per heavy atom. The first kappa shape index (κ1) is 13.9. The van der Waals surface area contributed by atoms with E-state index in [2.05, 4.69) is 39.9 Å². The van der Waals surface area contributed by atoms with Gasteiger partial charge in [-0.1, -0.05) is 42.5 Å². The molecule has 0 radical (unpaired) electrons. The topological polar surface area (TPSA) is 16.1 Å². The molecule has 1 aromatic carbocycles. The molecule has 2 aromatic rings. The van der Waals surface area contributed by atoms with Gasteiger partial charge in [0, 0.05) is 24.0 Å². The molecule has 1 saturated heterocycles. The third kappa shape index (κ3) is 3.71. The Balaban J connectivity index is 1.69. The molecule has 0 N–H and O–H groups in total. The Hall–Kier alpha value is -2.11. The van der Waals surface area contributed by atoms with Gasteiger partial charge in [0.2, 0.25) is 0 Å². The van der Waals surface area contributed by atoms with Crippen LogP contribution in [0.4, 0.5) is 0 Å². The zero-order valence-corrected chi connectivity index (χ0v) is 12.2. The van der Waals surface area contributed by atoms with Crippen molar-refractivity contribution in [2.45, 2.75) is 25.3 Å². The summed E-state index contributed by atoms with van der Waals surface area (Å²) in [4.78, 5) is 6.74. The van der Waals surface area contributed by atoms with Crippen molar-refractivity contribution in [2.24, 2.45) is 0 Å². The van der Waals surface area contributed by atoms with Crippen LogP contribution in [0.5, 0.6) is 0 Å². The summed E-state index contributed by atoms with van der Waals surface area (Å²) in [7, 11) is 0. The molecule has 1 aliphatic rings. The molecule has 0 unspecified atom stereocenters. The van der Waals surface area contributed by atoms with Gasteiger partial charge in [-0.15, -0.1) is 0 Å². The highest BCUT2D eigenvalue weighted by Gasteiger charge is 2.22. The molecule has 2 nitrogen and oxygen atoms in total. The van der Waals surface area contributed by atoms with Gasteiger partial charge in [0.1, 0.15) is 0 Å². The van der Waals surface area contributed by atoms with Crippen LogP contribution in [0, 0.1) is 11.8 Å². The Bertz CT molecular complexity index is 610. The molecule has 0 spiro atoms. The van der Waals surface area contributed by atoms with E-state index < -0.39 is 0 Å². The van der Waals surface area contributed by atoms with Crippen LogP contribution in [0.15, 0.2) is 54.9 Å². The summed E-state index contributed by atoms with van der Waals surface area (Å²) in [6.07, 6.45) is 7.60. The smallest absolute Gasteiger partial charge is 0.0610 e. The second-order valence-corrected chi connectivity index (χ2v) is 5.44. The van der Waals surface area contributed by atoms with Crippen molar-refractivity contribution < 1.29 is 0 Å². The van der Waals surface area contributed by atoms with Crippen LogP contribution in [-0.2, 0) is 0 Å². The molecule has 2 heteroatoms. The van der Waals surface area contributed by atoms with Crippen LogP contribution in [0.1, 0.15) is 36.4 Å². The van der Waals surface area contributed by atoms with E-state index in [0.29, 0.717) is 6.04 Å². The van der Waals surface area contributed by atoms with Gasteiger partial charge >= 0.3 is 0 Å². The number of aromatic nitrogens is 1. The van der Waals surface area contributed by atoms with Crippen molar-refractivity contribution in [1.82, 2.24) is 9.88 Å². The fourth-order valence-electron chi connectivity index (χ4n) is 2.90. The third-order valence-corrected chi connectivity index (χ3v) is 3.97. The van der Waals surface area contributed by atoms with Crippen molar-refractivity contribution >= 4 is 0 Å². The van der Waals surface area contributed by atoms with E-state index in [0.717, 1.165) is 18.7 Å². The normalized spacial score (nSPS) is 18.8. The average molecular weight is 276 g/mol. The first-order chi connectivity index (χ1) is 10.4. The van der Waals surface area contributed by atoms with Gasteiger partial charge in [-0.25, -0.2) is 0 Å². The van der Waals surface area contributed by atoms with Crippen molar-refractivity contribution in [1.29, 1.82) is 0 Å². The van der Waals surface area contributed by atoms with Crippen molar-refractivity contribution in [3.63, 3.8) is 0 Å². The average Bonchev–Trinajstić information content (AvgIpc) is 2.57. The molecule has 0 saturated carbocycles. The Labute approximate surface area is 126 Å². The maximum Gasteiger partial charge on any atom is 0.0610 e. The summed E-state index contributed by atoms with van der Waals surface area (Å²) in [6, 6.07) is 14.9. The molecule has 0 amide bonds. The lowest BCUT2D eigenvalue weighted by Crippen LogP contribution is -2.33. The highest BCUT2D eigenvalue weighted by atomic mass is 15.2. The quantitative estimate of drug-likeness (QED) is 0.778. The van der Waals surface area contributed by atoms with E-state index in [1.807, 2.05) is 36.7 Å². The maximum absolute atomic E-state index is 4.26. The van der Waals surface area contributed by atoms with Crippen molar-refractivity contribution in [3.05, 3.63) is 66.0 Å². The Kier molecular flexibility index (Phi) is 4.66. The van der Waals surface area contributed by atoms with E-state index in [9.17, 15) is 0 Å². The summed E-state index contributed by atoms with van der Waals surface area (Å²) in [5.41, 5.74) is 2.41. The molecule has 1 atom stereocenters. The van der Waals surface area contributed by atoms with Gasteiger partial charge in [0.15, 0.2) is 0 Å². The lowest BCUT2D eigenvalue weighted by atomic mass is 9.96. The number of hydrogen-bond donors (Lipinski definition) is 0. The number of pyridine rings is 1. The molecular formula is C19H20N2. The molecule has 106 valence electrons. The van der Waals surface area contributed by atoms with E-state index in [4.69, 9.17) is 0 Å². The van der Waals surface area contributed by atoms with Crippen LogP contribution >= 0.6 is 0 Å². The summed E-state index contributed by atoms with van der Waals surface area (Å²) >= 11 is 0. The lowest BCUT2D eigenvalue weighted by molar-refractivity contribution is 0.169. The fourth-order valence-corrected chi connectivity index (χ4v) is 2.90. The molecule has 2 heterocycles. The number of likely N-dealkylation sites (tertiary alicyclic amines) is 1. The zero-order chi connectivity index (χ0) is 14.3. The molecule has 0 bridgehead atoms. The summed E-state index contributed by atoms with van der Waals surface area (Å²) in [5, 5.41) is 0. The molecular weight excluding hydrogens is 256 g/mol. The monoisotopic (exact) mass is 276 g/mol. The van der Waals surface area contributed by atoms with Crippen molar-refractivity contribution in [3.8, 4) is 11.8 Å². The highest BCUT2D eigenvalue weighted by Crippen LogP contribution is 2.29. The maximum atomic E-state index is 4.26. The Morgan fingerprint density at radius 2 is 2.00 bits per heavy atom. The van der Waals surface area contributed by atoms with E-state index in [-0.39, 0.29) is 0 Å². The minimum absolute atomic E-state index is 0.470. The fraction of sp³-hybridized carbons (Fsp3) is 0.316. The third-order valence-electron chi connectivity index (χ3n) is 3.97. The van der Waals surface area contributed by atoms with Gasteiger partial charge in [0.05, 0.1) is 6.54 Å². The zero-order valence-electron chi connectivity index (χ0n) is 12.2. The summed E-state index contributed by atoms with van der Waals surface area (Å²) in [6.45, 7) is 1.96. The van der Waals surface area contributed by atoms with E-state index >= 15 is 0 Å². The van der Waals surface area contributed by atoms with Crippen LogP contribution in [-0.4, -0.2) is 23.0 Å². The lowest BCUT2D eigenvalue weighted by Gasteiger charge is -2.34. The van der Waals surface area contributed by atoms with Crippen LogP contribution in [0.25, 0.3) is 0 Å². The van der Waals surface area contributed by atoms with Gasteiger partial charge in [-0.3, -0.25) is 9.88 Å². The second-order valence-electron chi connectivity index (χ2n) is 5.44. The number of nitrogens with zero attached hydrogens (tertiary/aromatic N) is 2. The highest BCUT2D eigenvalue weighted by molar-refractivity contribution is 5.34. The van der Waals surface area contributed by atoms with Gasteiger partial charge in [-0.2, -0.15) is 0 Å². The second kappa shape index (κ2) is 7.06. The molecule has 3 rings (SSSR count). The molecule has 21 heavy (non-hydrogen) atoms. The minimum Gasteiger partial charge on any atom is -0.285 e. The molecule has 1 fully saturated rings.